The maximum Gasteiger partial charge on any atom is 0.0638 e. The molecule has 0 bridgehead atoms. The Balaban J connectivity index is 1.68. The zero-order valence-electron chi connectivity index (χ0n) is 11.4. The fraction of sp³-hybridized carbons (Fsp3) is 0. The predicted octanol–water partition coefficient (Wildman–Crippen LogP) is 4.74. The van der Waals surface area contributed by atoms with Crippen LogP contribution in [0.25, 0.3) is 0 Å². The van der Waals surface area contributed by atoms with Crippen molar-refractivity contribution in [2.24, 2.45) is 0 Å². The van der Waals surface area contributed by atoms with E-state index in [4.69, 9.17) is 5.73 Å². The number of hydrogen-bond acceptors (Lipinski definition) is 0. The van der Waals surface area contributed by atoms with E-state index in [9.17, 15) is 0 Å². The molecule has 3 rings (SSSR count). The van der Waals surface area contributed by atoms with Crippen LogP contribution in [0.3, 0.4) is 0 Å². The number of rotatable bonds is 4. The fourth-order valence-corrected chi connectivity index (χ4v) is 1.94. The lowest BCUT2D eigenvalue weighted by atomic mass is 10.2. The van der Waals surface area contributed by atoms with Crippen LogP contribution < -0.4 is 16.4 Å². The normalized spacial score (nSPS) is 10.1. The molecule has 0 fully saturated rings. The molecule has 3 heteroatoms. The van der Waals surface area contributed by atoms with Gasteiger partial charge in [0.2, 0.25) is 0 Å². The van der Waals surface area contributed by atoms with Gasteiger partial charge in [-0.1, -0.05) is 18.2 Å². The molecule has 0 aromatic heterocycles. The molecule has 3 aromatic rings. The van der Waals surface area contributed by atoms with Crippen LogP contribution in [-0.4, -0.2) is 0 Å². The predicted molar refractivity (Wildman–Crippen MR) is 85.0 cm³/mol. The van der Waals surface area contributed by atoms with Crippen LogP contribution in [0.2, 0.25) is 0 Å². The average molecular weight is 272 g/mol. The molecule has 0 saturated heterocycles. The van der Waals surface area contributed by atoms with Gasteiger partial charge in [0, 0.05) is 0 Å². The van der Waals surface area contributed by atoms with E-state index in [2.05, 4.69) is 10.6 Å². The van der Waals surface area contributed by atoms with Gasteiger partial charge in [0.05, 0.1) is 28.4 Å². The lowest BCUT2D eigenvalue weighted by molar-refractivity contribution is 1.16. The molecule has 0 amide bonds. The molecule has 0 saturated carbocycles. The zero-order valence-corrected chi connectivity index (χ0v) is 11.4. The van der Waals surface area contributed by atoms with Gasteiger partial charge in [-0.25, -0.2) is 10.6 Å². The van der Waals surface area contributed by atoms with Crippen molar-refractivity contribution in [3.05, 3.63) is 78.9 Å². The molecule has 0 unspecified atom stereocenters. The number of nitrogens with one attached hydrogen (secondary N) is 1. The monoisotopic (exact) mass is 272 g/mol. The minimum absolute atomic E-state index is 0.492. The molecule has 0 atom stereocenters. The van der Waals surface area contributed by atoms with Crippen LogP contribution >= 0.6 is 0 Å². The molecule has 0 spiro atoms. The van der Waals surface area contributed by atoms with E-state index in [1.54, 1.807) is 12.1 Å². The molecule has 101 valence electrons. The van der Waals surface area contributed by atoms with Crippen LogP contribution in [-0.2, 0) is 0 Å². The second-order valence-corrected chi connectivity index (χ2v) is 4.62. The van der Waals surface area contributed by atoms with Crippen molar-refractivity contribution in [2.45, 2.75) is 0 Å². The van der Waals surface area contributed by atoms with E-state index in [1.807, 2.05) is 66.7 Å². The number of para-hydroxylation sites is 1. The first-order valence-electron chi connectivity index (χ1n) is 6.70. The second-order valence-electron chi connectivity index (χ2n) is 4.62. The maximum absolute atomic E-state index is 7.45. The van der Waals surface area contributed by atoms with Crippen molar-refractivity contribution in [3.63, 3.8) is 0 Å². The van der Waals surface area contributed by atoms with Gasteiger partial charge in [-0.3, -0.25) is 0 Å². The first-order valence-corrected chi connectivity index (χ1v) is 6.70. The highest BCUT2D eigenvalue weighted by Crippen LogP contribution is 2.22. The number of hydrogen-bond donors (Lipinski definition) is 0. The van der Waals surface area contributed by atoms with Gasteiger partial charge >= 0.3 is 0 Å². The summed E-state index contributed by atoms with van der Waals surface area (Å²) in [6.07, 6.45) is 0. The topological polar surface area (TPSA) is 52.0 Å². The molecule has 0 aliphatic carbocycles. The summed E-state index contributed by atoms with van der Waals surface area (Å²) >= 11 is 0. The van der Waals surface area contributed by atoms with Gasteiger partial charge in [-0.15, -0.1) is 0 Å². The van der Waals surface area contributed by atoms with E-state index in [-0.39, 0.29) is 0 Å². The fourth-order valence-electron chi connectivity index (χ4n) is 1.94. The van der Waals surface area contributed by atoms with Crippen LogP contribution in [0.15, 0.2) is 78.9 Å². The Morgan fingerprint density at radius 2 is 0.857 bits per heavy atom. The van der Waals surface area contributed by atoms with Gasteiger partial charge < -0.3 is 5.73 Å². The number of nitrogens with zero attached hydrogens (tertiary/aromatic N) is 2. The van der Waals surface area contributed by atoms with Gasteiger partial charge in [0.25, 0.3) is 0 Å². The van der Waals surface area contributed by atoms with Crippen molar-refractivity contribution >= 4 is 28.4 Å². The van der Waals surface area contributed by atoms with Gasteiger partial charge in [-0.05, 0) is 60.7 Å². The first-order chi connectivity index (χ1) is 10.3. The van der Waals surface area contributed by atoms with Crippen molar-refractivity contribution in [3.8, 4) is 0 Å². The summed E-state index contributed by atoms with van der Waals surface area (Å²) in [6.45, 7) is 0. The highest BCUT2D eigenvalue weighted by atomic mass is 14.9. The summed E-state index contributed by atoms with van der Waals surface area (Å²) in [5, 5.41) is 9.04. The maximum atomic E-state index is 7.45. The Bertz CT molecular complexity index is 689. The van der Waals surface area contributed by atoms with Crippen molar-refractivity contribution in [2.75, 3.05) is 0 Å². The summed E-state index contributed by atoms with van der Waals surface area (Å²) in [6, 6.07) is 24.8. The molecule has 0 heterocycles. The van der Waals surface area contributed by atoms with Crippen LogP contribution in [0.1, 0.15) is 0 Å². The van der Waals surface area contributed by atoms with E-state index in [0.29, 0.717) is 5.69 Å². The van der Waals surface area contributed by atoms with E-state index >= 15 is 0 Å². The Morgan fingerprint density at radius 3 is 1.33 bits per heavy atom. The highest BCUT2D eigenvalue weighted by molar-refractivity contribution is 5.56. The van der Waals surface area contributed by atoms with Crippen LogP contribution in [0.5, 0.6) is 0 Å². The average Bonchev–Trinajstić information content (AvgIpc) is 2.53. The van der Waals surface area contributed by atoms with E-state index in [0.717, 1.165) is 22.7 Å². The quantitative estimate of drug-likeness (QED) is 0.659. The van der Waals surface area contributed by atoms with Gasteiger partial charge in [-0.2, -0.15) is 0 Å². The minimum Gasteiger partial charge on any atom is -0.301 e. The molecule has 21 heavy (non-hydrogen) atoms. The standard InChI is InChI=1S/C18H14N3/c19-14-6-8-16(9-7-14)21-18-12-10-17(11-13-18)20-15-4-2-1-3-5-15/h1-13,19H. The minimum atomic E-state index is 0.492. The molecular formula is C18H14N3. The highest BCUT2D eigenvalue weighted by Gasteiger charge is 2.00. The van der Waals surface area contributed by atoms with Crippen LogP contribution in [0, 0.1) is 0 Å². The van der Waals surface area contributed by atoms with Crippen molar-refractivity contribution in [1.29, 1.82) is 0 Å². The SMILES string of the molecule is [NH]c1ccc([N]c2ccc([N]c3ccccc3)cc2)cc1. The van der Waals surface area contributed by atoms with Crippen molar-refractivity contribution in [1.82, 2.24) is 16.4 Å². The summed E-state index contributed by atoms with van der Waals surface area (Å²) in [5.41, 5.74) is 11.5. The summed E-state index contributed by atoms with van der Waals surface area (Å²) in [7, 11) is 0. The molecular weight excluding hydrogens is 258 g/mol. The Morgan fingerprint density at radius 1 is 0.476 bits per heavy atom. The third-order valence-corrected chi connectivity index (χ3v) is 2.99. The first kappa shape index (κ1) is 13.1. The van der Waals surface area contributed by atoms with Gasteiger partial charge in [0.15, 0.2) is 0 Å². The lowest BCUT2D eigenvalue weighted by Crippen LogP contribution is -1.91. The summed E-state index contributed by atoms with van der Waals surface area (Å²) < 4.78 is 0. The number of benzene rings is 3. The van der Waals surface area contributed by atoms with Gasteiger partial charge in [0.1, 0.15) is 0 Å². The smallest absolute Gasteiger partial charge is 0.0638 e. The molecule has 3 nitrogen and oxygen atoms in total. The zero-order chi connectivity index (χ0) is 14.5. The Hall–Kier alpha value is -2.94. The molecule has 0 aliphatic heterocycles. The van der Waals surface area contributed by atoms with E-state index in [1.165, 1.54) is 0 Å². The Labute approximate surface area is 124 Å². The summed E-state index contributed by atoms with van der Waals surface area (Å²) in [5.74, 6) is 0. The molecule has 0 aliphatic rings. The van der Waals surface area contributed by atoms with E-state index < -0.39 is 0 Å². The second kappa shape index (κ2) is 6.01. The largest absolute Gasteiger partial charge is 0.301 e. The van der Waals surface area contributed by atoms with Crippen LogP contribution in [0.4, 0.5) is 28.4 Å². The third-order valence-electron chi connectivity index (χ3n) is 2.99. The lowest BCUT2D eigenvalue weighted by Gasteiger charge is -2.05. The summed E-state index contributed by atoms with van der Waals surface area (Å²) in [4.78, 5) is 0. The molecule has 3 aromatic carbocycles. The molecule has 1 N–H and O–H groups in total. The third kappa shape index (κ3) is 3.54. The van der Waals surface area contributed by atoms with Crippen molar-refractivity contribution < 1.29 is 0 Å². The molecule has 3 radical (unpaired) electrons. The Kier molecular flexibility index (Phi) is 3.74.